The van der Waals surface area contributed by atoms with Crippen molar-refractivity contribution in [2.45, 2.75) is 26.2 Å². The number of aromatic hydroxyl groups is 1. The molecule has 0 radical (unpaired) electrons. The third kappa shape index (κ3) is 7.08. The van der Waals surface area contributed by atoms with Crippen LogP contribution in [0.3, 0.4) is 0 Å². The predicted octanol–water partition coefficient (Wildman–Crippen LogP) is 7.17. The van der Waals surface area contributed by atoms with Crippen molar-refractivity contribution in [1.82, 2.24) is 0 Å². The first-order chi connectivity index (χ1) is 12.8. The van der Waals surface area contributed by atoms with Gasteiger partial charge in [-0.05, 0) is 43.2 Å². The third-order valence-electron chi connectivity index (χ3n) is 3.55. The van der Waals surface area contributed by atoms with Gasteiger partial charge in [-0.25, -0.2) is 0 Å². The molecule has 2 aromatic carbocycles. The second-order valence-corrected chi connectivity index (χ2v) is 9.29. The number of phenolic OH excluding ortho intramolecular Hbond substituents is 1. The fourth-order valence-electron chi connectivity index (χ4n) is 2.13. The Balaban J connectivity index is 0.00000122. The number of halogens is 8. The van der Waals surface area contributed by atoms with Gasteiger partial charge in [0, 0.05) is 11.8 Å². The molecule has 0 saturated carbocycles. The van der Waals surface area contributed by atoms with Crippen molar-refractivity contribution in [2.75, 3.05) is 0 Å². The van der Waals surface area contributed by atoms with E-state index in [0.29, 0.717) is 23.3 Å². The number of phenols is 1. The van der Waals surface area contributed by atoms with Crippen molar-refractivity contribution < 1.29 is 52.3 Å². The minimum absolute atomic E-state index is 0.0361. The minimum atomic E-state index is -4.94. The number of alkyl halides is 6. The van der Waals surface area contributed by atoms with E-state index in [2.05, 4.69) is 4.99 Å². The molecule has 0 atom stereocenters. The Kier molecular flexibility index (Phi) is 9.04. The van der Waals surface area contributed by atoms with Gasteiger partial charge in [-0.2, -0.15) is 26.3 Å². The zero-order valence-electron chi connectivity index (χ0n) is 14.4. The van der Waals surface area contributed by atoms with Crippen molar-refractivity contribution in [1.29, 1.82) is 0 Å². The molecule has 11 heteroatoms. The number of nitrogens with zero attached hydrogens (tertiary/aromatic N) is 1. The molecule has 0 unspecified atom stereocenters. The monoisotopic (exact) mass is 521 g/mol. The van der Waals surface area contributed by atoms with Crippen LogP contribution in [0.15, 0.2) is 35.3 Å². The maximum atomic E-state index is 12.8. The van der Waals surface area contributed by atoms with Gasteiger partial charge in [0.2, 0.25) is 0 Å². The molecule has 0 bridgehead atoms. The molecule has 2 aromatic rings. The van der Waals surface area contributed by atoms with Gasteiger partial charge < -0.3 is 5.11 Å². The number of hydrogen-bond donors (Lipinski definition) is 1. The molecule has 0 heterocycles. The standard InChI is InChI=1S/C17H13F6NO.2ClH.Zr/c1-9-3-4-10(2)15(25)14(9)8-24-13-6-11(16(18,19)20)5-12(7-13)17(21,22)23;;;/h3-8,25H,1-2H3;2*1H;/q;;;+2/p-2. The van der Waals surface area contributed by atoms with Crippen LogP contribution in [0.1, 0.15) is 27.8 Å². The summed E-state index contributed by atoms with van der Waals surface area (Å²) in [5, 5.41) is 9.97. The van der Waals surface area contributed by atoms with Crippen LogP contribution in [0.2, 0.25) is 0 Å². The fourth-order valence-corrected chi connectivity index (χ4v) is 2.13. The zero-order chi connectivity index (χ0) is 21.7. The normalized spacial score (nSPS) is 11.9. The van der Waals surface area contributed by atoms with Crippen LogP contribution in [-0.2, 0) is 33.2 Å². The summed E-state index contributed by atoms with van der Waals surface area (Å²) in [4.78, 5) is 3.70. The third-order valence-corrected chi connectivity index (χ3v) is 3.55. The second kappa shape index (κ2) is 10.1. The van der Waals surface area contributed by atoms with Gasteiger partial charge in [-0.3, -0.25) is 4.99 Å². The Morgan fingerprint density at radius 2 is 1.32 bits per heavy atom. The van der Waals surface area contributed by atoms with E-state index in [4.69, 9.17) is 17.0 Å². The van der Waals surface area contributed by atoms with Gasteiger partial charge in [0.15, 0.2) is 0 Å². The molecule has 0 aliphatic carbocycles. The Hall–Kier alpha value is -1.05. The summed E-state index contributed by atoms with van der Waals surface area (Å²) in [6.07, 6.45) is -8.83. The van der Waals surface area contributed by atoms with E-state index in [-0.39, 0.29) is 17.4 Å². The van der Waals surface area contributed by atoms with Crippen molar-refractivity contribution in [3.63, 3.8) is 0 Å². The van der Waals surface area contributed by atoms with E-state index < -0.39 is 50.0 Å². The maximum absolute atomic E-state index is 12.8. The van der Waals surface area contributed by atoms with Crippen LogP contribution in [0.4, 0.5) is 32.0 Å². The average Bonchev–Trinajstić information content (AvgIpc) is 2.57. The quantitative estimate of drug-likeness (QED) is 0.329. The van der Waals surface area contributed by atoms with Crippen molar-refractivity contribution >= 4 is 28.9 Å². The van der Waals surface area contributed by atoms with E-state index in [1.807, 2.05) is 0 Å². The Labute approximate surface area is 175 Å². The molecule has 1 N–H and O–H groups in total. The number of aryl methyl sites for hydroxylation is 2. The Morgan fingerprint density at radius 3 is 1.75 bits per heavy atom. The first-order valence-corrected chi connectivity index (χ1v) is 13.7. The first kappa shape index (κ1) is 25.0. The SMILES string of the molecule is Cc1ccc(C)c(C=Nc2cc(C(F)(F)F)cc(C(F)(F)F)c2)c1O.[Cl][Zr][Cl]. The predicted molar refractivity (Wildman–Crippen MR) is 93.0 cm³/mol. The molecule has 2 nitrogen and oxygen atoms in total. The van der Waals surface area contributed by atoms with E-state index >= 15 is 0 Å². The van der Waals surface area contributed by atoms with E-state index in [1.165, 1.54) is 0 Å². The molecule has 0 saturated heterocycles. The molecule has 0 aliphatic rings. The summed E-state index contributed by atoms with van der Waals surface area (Å²) in [7, 11) is 9.87. The molecule has 2 rings (SSSR count). The van der Waals surface area contributed by atoms with Crippen LogP contribution in [0.25, 0.3) is 0 Å². The average molecular weight is 523 g/mol. The van der Waals surface area contributed by atoms with Crippen LogP contribution in [-0.4, -0.2) is 11.3 Å². The second-order valence-electron chi connectivity index (χ2n) is 5.56. The van der Waals surface area contributed by atoms with Gasteiger partial charge in [0.25, 0.3) is 0 Å². The van der Waals surface area contributed by atoms with Crippen LogP contribution < -0.4 is 0 Å². The summed E-state index contributed by atoms with van der Waals surface area (Å²) in [6.45, 7) is 3.24. The molecule has 28 heavy (non-hydrogen) atoms. The number of aliphatic imine (C=N–C) groups is 1. The van der Waals surface area contributed by atoms with Gasteiger partial charge in [0.05, 0.1) is 16.8 Å². The molecular weight excluding hydrogens is 510 g/mol. The van der Waals surface area contributed by atoms with Crippen LogP contribution in [0.5, 0.6) is 5.75 Å². The summed E-state index contributed by atoms with van der Waals surface area (Å²) in [5.74, 6) is -0.133. The van der Waals surface area contributed by atoms with Crippen LogP contribution >= 0.6 is 17.0 Å². The topological polar surface area (TPSA) is 32.6 Å². The molecule has 0 amide bonds. The zero-order valence-corrected chi connectivity index (χ0v) is 18.4. The first-order valence-electron chi connectivity index (χ1n) is 7.40. The van der Waals surface area contributed by atoms with Gasteiger partial charge in [-0.15, -0.1) is 0 Å². The molecule has 0 spiro atoms. The van der Waals surface area contributed by atoms with Crippen molar-refractivity contribution in [3.8, 4) is 5.75 Å². The summed E-state index contributed by atoms with van der Waals surface area (Å²) in [5.41, 5.74) is -2.09. The van der Waals surface area contributed by atoms with E-state index in [0.717, 1.165) is 6.21 Å². The molecule has 0 aliphatic heterocycles. The van der Waals surface area contributed by atoms with E-state index in [9.17, 15) is 31.4 Å². The van der Waals surface area contributed by atoms with Gasteiger partial charge in [-0.1, -0.05) is 12.1 Å². The molecule has 152 valence electrons. The number of hydrogen-bond acceptors (Lipinski definition) is 2. The summed E-state index contributed by atoms with van der Waals surface area (Å²) in [6, 6.07) is 4.37. The number of benzene rings is 2. The van der Waals surface area contributed by atoms with Crippen molar-refractivity contribution in [3.05, 3.63) is 58.1 Å². The molecular formula is C17H13Cl2F6NOZr. The molecule has 0 fully saturated rings. The van der Waals surface area contributed by atoms with Gasteiger partial charge >= 0.3 is 50.2 Å². The Morgan fingerprint density at radius 1 is 0.893 bits per heavy atom. The van der Waals surface area contributed by atoms with Crippen LogP contribution in [0, 0.1) is 13.8 Å². The van der Waals surface area contributed by atoms with E-state index in [1.54, 1.807) is 26.0 Å². The summed E-state index contributed by atoms with van der Waals surface area (Å²) >= 11 is -0.826. The fraction of sp³-hybridized carbons (Fsp3) is 0.235. The van der Waals surface area contributed by atoms with Crippen molar-refractivity contribution in [2.24, 2.45) is 4.99 Å². The number of rotatable bonds is 2. The van der Waals surface area contributed by atoms with Gasteiger partial charge in [0.1, 0.15) is 5.75 Å². The summed E-state index contributed by atoms with van der Waals surface area (Å²) < 4.78 is 76.9. The molecule has 0 aromatic heterocycles. The Bertz CT molecular complexity index is 821.